The van der Waals surface area contributed by atoms with Gasteiger partial charge in [0.2, 0.25) is 0 Å². The molecule has 1 aromatic rings. The molecule has 1 rings (SSSR count). The molecule has 0 aromatic heterocycles. The lowest BCUT2D eigenvalue weighted by Crippen LogP contribution is -2.09. The Morgan fingerprint density at radius 1 is 1.50 bits per heavy atom. The lowest BCUT2D eigenvalue weighted by Gasteiger charge is -2.13. The highest BCUT2D eigenvalue weighted by molar-refractivity contribution is 9.11. The molecule has 14 heavy (non-hydrogen) atoms. The fraction of sp³-hybridized carbons (Fsp3) is 0.200. The Balaban J connectivity index is 3.12. The van der Waals surface area contributed by atoms with Crippen LogP contribution in [-0.4, -0.2) is 5.11 Å². The first-order valence-corrected chi connectivity index (χ1v) is 5.69. The van der Waals surface area contributed by atoms with Gasteiger partial charge < -0.3 is 10.8 Å². The van der Waals surface area contributed by atoms with Gasteiger partial charge in [0.25, 0.3) is 0 Å². The molecule has 3 N–H and O–H groups in total. The van der Waals surface area contributed by atoms with Crippen molar-refractivity contribution < 1.29 is 5.11 Å². The van der Waals surface area contributed by atoms with Crippen molar-refractivity contribution >= 4 is 31.9 Å². The SMILES string of the molecule is C=CC[C@@H](N)c1cc(Br)cc(Br)c1O. The van der Waals surface area contributed by atoms with E-state index in [0.717, 1.165) is 4.47 Å². The van der Waals surface area contributed by atoms with Crippen molar-refractivity contribution in [1.29, 1.82) is 0 Å². The van der Waals surface area contributed by atoms with Crippen molar-refractivity contribution in [3.05, 3.63) is 39.3 Å². The van der Waals surface area contributed by atoms with Crippen molar-refractivity contribution in [3.8, 4) is 5.75 Å². The molecule has 76 valence electrons. The maximum atomic E-state index is 9.74. The Morgan fingerprint density at radius 2 is 2.14 bits per heavy atom. The van der Waals surface area contributed by atoms with Crippen LogP contribution >= 0.6 is 31.9 Å². The highest BCUT2D eigenvalue weighted by atomic mass is 79.9. The summed E-state index contributed by atoms with van der Waals surface area (Å²) in [5, 5.41) is 9.74. The normalized spacial score (nSPS) is 12.5. The molecule has 0 spiro atoms. The Morgan fingerprint density at radius 3 is 2.71 bits per heavy atom. The molecule has 0 saturated heterocycles. The van der Waals surface area contributed by atoms with Gasteiger partial charge in [-0.05, 0) is 34.5 Å². The summed E-state index contributed by atoms with van der Waals surface area (Å²) in [6, 6.07) is 3.37. The van der Waals surface area contributed by atoms with Gasteiger partial charge in [0.1, 0.15) is 5.75 Å². The Labute approximate surface area is 100 Å². The summed E-state index contributed by atoms with van der Waals surface area (Å²) in [4.78, 5) is 0. The zero-order valence-corrected chi connectivity index (χ0v) is 10.7. The number of phenolic OH excluding ortho intramolecular Hbond substituents is 1. The summed E-state index contributed by atoms with van der Waals surface area (Å²) in [5.74, 6) is 0.197. The van der Waals surface area contributed by atoms with E-state index in [1.807, 2.05) is 6.07 Å². The van der Waals surface area contributed by atoms with Crippen LogP contribution in [-0.2, 0) is 0 Å². The molecule has 0 saturated carbocycles. The van der Waals surface area contributed by atoms with Crippen LogP contribution in [0.3, 0.4) is 0 Å². The number of phenols is 1. The number of hydrogen-bond donors (Lipinski definition) is 2. The third-order valence-electron chi connectivity index (χ3n) is 1.88. The van der Waals surface area contributed by atoms with Crippen LogP contribution in [0, 0.1) is 0 Å². The zero-order chi connectivity index (χ0) is 10.7. The van der Waals surface area contributed by atoms with E-state index in [4.69, 9.17) is 5.73 Å². The Kier molecular flexibility index (Phi) is 4.16. The van der Waals surface area contributed by atoms with E-state index >= 15 is 0 Å². The molecular weight excluding hydrogens is 310 g/mol. The summed E-state index contributed by atoms with van der Waals surface area (Å²) in [6.07, 6.45) is 2.37. The summed E-state index contributed by atoms with van der Waals surface area (Å²) in [5.41, 5.74) is 6.59. The lowest BCUT2D eigenvalue weighted by atomic mass is 10.0. The first kappa shape index (κ1) is 11.8. The minimum Gasteiger partial charge on any atom is -0.506 e. The van der Waals surface area contributed by atoms with Crippen molar-refractivity contribution in [2.75, 3.05) is 0 Å². The molecule has 4 heteroatoms. The number of halogens is 2. The van der Waals surface area contributed by atoms with E-state index in [9.17, 15) is 5.11 Å². The summed E-state index contributed by atoms with van der Waals surface area (Å²) >= 11 is 6.60. The quantitative estimate of drug-likeness (QED) is 0.837. The standard InChI is InChI=1S/C10H11Br2NO/c1-2-3-9(13)7-4-6(11)5-8(12)10(7)14/h2,4-5,9,14H,1,3,13H2/t9-/m1/s1. The van der Waals surface area contributed by atoms with Crippen molar-refractivity contribution in [2.24, 2.45) is 5.73 Å². The van der Waals surface area contributed by atoms with Crippen LogP contribution in [0.25, 0.3) is 0 Å². The molecular formula is C10H11Br2NO. The average Bonchev–Trinajstić information content (AvgIpc) is 2.11. The number of hydrogen-bond acceptors (Lipinski definition) is 2. The van der Waals surface area contributed by atoms with Crippen LogP contribution in [0.1, 0.15) is 18.0 Å². The third kappa shape index (κ3) is 2.59. The number of nitrogens with two attached hydrogens (primary N) is 1. The first-order valence-electron chi connectivity index (χ1n) is 4.10. The second-order valence-corrected chi connectivity index (χ2v) is 4.73. The van der Waals surface area contributed by atoms with Gasteiger partial charge >= 0.3 is 0 Å². The van der Waals surface area contributed by atoms with E-state index in [-0.39, 0.29) is 11.8 Å². The van der Waals surface area contributed by atoms with E-state index < -0.39 is 0 Å². The number of aromatic hydroxyl groups is 1. The maximum absolute atomic E-state index is 9.74. The molecule has 0 aliphatic rings. The third-order valence-corrected chi connectivity index (χ3v) is 2.94. The van der Waals surface area contributed by atoms with Crippen LogP contribution in [0.4, 0.5) is 0 Å². The smallest absolute Gasteiger partial charge is 0.134 e. The second kappa shape index (κ2) is 4.96. The van der Waals surface area contributed by atoms with Gasteiger partial charge in [-0.15, -0.1) is 6.58 Å². The van der Waals surface area contributed by atoms with Crippen LogP contribution in [0.5, 0.6) is 5.75 Å². The predicted octanol–water partition coefficient (Wildman–Crippen LogP) is 3.49. The lowest BCUT2D eigenvalue weighted by molar-refractivity contribution is 0.458. The van der Waals surface area contributed by atoms with Crippen molar-refractivity contribution in [2.45, 2.75) is 12.5 Å². The van der Waals surface area contributed by atoms with Gasteiger partial charge in [-0.25, -0.2) is 0 Å². The molecule has 0 bridgehead atoms. The van der Waals surface area contributed by atoms with Gasteiger partial charge in [-0.1, -0.05) is 22.0 Å². The van der Waals surface area contributed by atoms with Crippen molar-refractivity contribution in [3.63, 3.8) is 0 Å². The van der Waals surface area contributed by atoms with Gasteiger partial charge in [0.05, 0.1) is 4.47 Å². The minimum absolute atomic E-state index is 0.197. The molecule has 2 nitrogen and oxygen atoms in total. The topological polar surface area (TPSA) is 46.2 Å². The first-order chi connectivity index (χ1) is 6.56. The Hall–Kier alpha value is -0.320. The molecule has 0 heterocycles. The highest BCUT2D eigenvalue weighted by Crippen LogP contribution is 2.35. The average molecular weight is 321 g/mol. The van der Waals surface area contributed by atoms with E-state index in [2.05, 4.69) is 38.4 Å². The molecule has 0 unspecified atom stereocenters. The summed E-state index contributed by atoms with van der Waals surface area (Å²) < 4.78 is 1.53. The van der Waals surface area contributed by atoms with Crippen LogP contribution in [0.2, 0.25) is 0 Å². The minimum atomic E-state index is -0.221. The highest BCUT2D eigenvalue weighted by Gasteiger charge is 2.12. The zero-order valence-electron chi connectivity index (χ0n) is 7.50. The van der Waals surface area contributed by atoms with Gasteiger partial charge in [0.15, 0.2) is 0 Å². The summed E-state index contributed by atoms with van der Waals surface area (Å²) in [7, 11) is 0. The fourth-order valence-corrected chi connectivity index (χ4v) is 2.43. The molecule has 0 radical (unpaired) electrons. The van der Waals surface area contributed by atoms with Crippen LogP contribution in [0.15, 0.2) is 33.7 Å². The van der Waals surface area contributed by atoms with Gasteiger partial charge in [-0.2, -0.15) is 0 Å². The number of rotatable bonds is 3. The predicted molar refractivity (Wildman–Crippen MR) is 65.2 cm³/mol. The Bertz CT molecular complexity index is 352. The van der Waals surface area contributed by atoms with Crippen molar-refractivity contribution in [1.82, 2.24) is 0 Å². The fourth-order valence-electron chi connectivity index (χ4n) is 1.18. The molecule has 0 aliphatic heterocycles. The van der Waals surface area contributed by atoms with E-state index in [1.54, 1.807) is 12.1 Å². The molecule has 1 aromatic carbocycles. The molecule has 0 amide bonds. The van der Waals surface area contributed by atoms with Crippen LogP contribution < -0.4 is 5.73 Å². The maximum Gasteiger partial charge on any atom is 0.134 e. The monoisotopic (exact) mass is 319 g/mol. The number of benzene rings is 1. The van der Waals surface area contributed by atoms with Gasteiger partial charge in [0, 0.05) is 16.1 Å². The molecule has 0 aliphatic carbocycles. The van der Waals surface area contributed by atoms with Gasteiger partial charge in [-0.3, -0.25) is 0 Å². The van der Waals surface area contributed by atoms with E-state index in [1.165, 1.54) is 0 Å². The molecule has 1 atom stereocenters. The van der Waals surface area contributed by atoms with E-state index in [0.29, 0.717) is 16.5 Å². The largest absolute Gasteiger partial charge is 0.506 e. The molecule has 0 fully saturated rings. The summed E-state index contributed by atoms with van der Waals surface area (Å²) in [6.45, 7) is 3.62. The second-order valence-electron chi connectivity index (χ2n) is 2.96.